The van der Waals surface area contributed by atoms with Gasteiger partial charge >= 0.3 is 0 Å². The van der Waals surface area contributed by atoms with E-state index < -0.39 is 0 Å². The molecular formula is C17H21NO3. The van der Waals surface area contributed by atoms with E-state index in [1.54, 1.807) is 12.1 Å². The Balaban J connectivity index is 1.85. The van der Waals surface area contributed by atoms with Gasteiger partial charge in [-0.1, -0.05) is 44.2 Å². The molecule has 0 aromatic heterocycles. The summed E-state index contributed by atoms with van der Waals surface area (Å²) in [4.78, 5) is 37.2. The molecule has 112 valence electrons. The molecule has 0 saturated carbocycles. The first-order valence-electron chi connectivity index (χ1n) is 7.30. The highest BCUT2D eigenvalue weighted by Crippen LogP contribution is 2.31. The number of imide groups is 1. The van der Waals surface area contributed by atoms with Crippen LogP contribution in [0.4, 0.5) is 0 Å². The van der Waals surface area contributed by atoms with Crippen molar-refractivity contribution >= 4 is 17.6 Å². The van der Waals surface area contributed by atoms with Crippen LogP contribution in [-0.4, -0.2) is 29.0 Å². The van der Waals surface area contributed by atoms with Gasteiger partial charge in [-0.05, 0) is 11.8 Å². The van der Waals surface area contributed by atoms with Crippen LogP contribution in [0.2, 0.25) is 0 Å². The zero-order valence-corrected chi connectivity index (χ0v) is 12.6. The summed E-state index contributed by atoms with van der Waals surface area (Å²) in [5, 5.41) is 0. The third-order valence-corrected chi connectivity index (χ3v) is 3.74. The van der Waals surface area contributed by atoms with E-state index in [2.05, 4.69) is 0 Å². The van der Waals surface area contributed by atoms with Gasteiger partial charge in [0, 0.05) is 31.4 Å². The van der Waals surface area contributed by atoms with Gasteiger partial charge in [-0.15, -0.1) is 0 Å². The first kappa shape index (κ1) is 15.4. The molecule has 0 atom stereocenters. The average molecular weight is 287 g/mol. The lowest BCUT2D eigenvalue weighted by Gasteiger charge is -2.34. The quantitative estimate of drug-likeness (QED) is 0.618. The normalized spacial score (nSPS) is 17.9. The Morgan fingerprint density at radius 2 is 1.67 bits per heavy atom. The van der Waals surface area contributed by atoms with Gasteiger partial charge in [-0.3, -0.25) is 19.3 Å². The molecule has 4 heteroatoms. The number of hydrogen-bond donors (Lipinski definition) is 0. The first-order valence-corrected chi connectivity index (χ1v) is 7.30. The van der Waals surface area contributed by atoms with E-state index in [1.165, 1.54) is 4.90 Å². The van der Waals surface area contributed by atoms with Crippen LogP contribution in [0.1, 0.15) is 49.9 Å². The summed E-state index contributed by atoms with van der Waals surface area (Å²) in [6, 6.07) is 9.08. The number of benzene rings is 1. The molecule has 4 nitrogen and oxygen atoms in total. The summed E-state index contributed by atoms with van der Waals surface area (Å²) in [6.07, 6.45) is 1.66. The lowest BCUT2D eigenvalue weighted by molar-refractivity contribution is -0.152. The predicted octanol–water partition coefficient (Wildman–Crippen LogP) is 2.82. The van der Waals surface area contributed by atoms with Crippen LogP contribution in [0.3, 0.4) is 0 Å². The molecule has 0 radical (unpaired) electrons. The largest absolute Gasteiger partial charge is 0.294 e. The molecule has 0 spiro atoms. The second-order valence-electron chi connectivity index (χ2n) is 6.35. The monoisotopic (exact) mass is 287 g/mol. The maximum atomic E-state index is 12.0. The lowest BCUT2D eigenvalue weighted by Crippen LogP contribution is -2.46. The lowest BCUT2D eigenvalue weighted by atomic mass is 9.81. The number of nitrogens with zero attached hydrogens (tertiary/aromatic N) is 1. The van der Waals surface area contributed by atoms with E-state index in [9.17, 15) is 14.4 Å². The van der Waals surface area contributed by atoms with Gasteiger partial charge in [0.15, 0.2) is 5.78 Å². The molecule has 1 aliphatic rings. The molecule has 1 fully saturated rings. The zero-order chi connectivity index (χ0) is 15.5. The van der Waals surface area contributed by atoms with Crippen LogP contribution in [0.5, 0.6) is 0 Å². The number of likely N-dealkylation sites (tertiary alicyclic amines) is 1. The highest BCUT2D eigenvalue weighted by molar-refractivity contribution is 5.99. The van der Waals surface area contributed by atoms with E-state index in [4.69, 9.17) is 0 Å². The summed E-state index contributed by atoms with van der Waals surface area (Å²) in [6.45, 7) is 4.20. The Kier molecular flexibility index (Phi) is 4.56. The van der Waals surface area contributed by atoms with Gasteiger partial charge < -0.3 is 0 Å². The van der Waals surface area contributed by atoms with Crippen LogP contribution < -0.4 is 0 Å². The van der Waals surface area contributed by atoms with Gasteiger partial charge in [0.1, 0.15) is 0 Å². The molecule has 1 aliphatic heterocycles. The molecule has 1 aromatic rings. The SMILES string of the molecule is CC1(C)CC(=O)N(CCCC(=O)c2ccccc2)C(=O)C1. The van der Waals surface area contributed by atoms with Gasteiger partial charge in [0.05, 0.1) is 0 Å². The first-order chi connectivity index (χ1) is 9.89. The number of ketones is 1. The van der Waals surface area contributed by atoms with Crippen molar-refractivity contribution in [3.63, 3.8) is 0 Å². The second-order valence-corrected chi connectivity index (χ2v) is 6.35. The topological polar surface area (TPSA) is 54.5 Å². The number of piperidine rings is 1. The van der Waals surface area contributed by atoms with Gasteiger partial charge in [0.2, 0.25) is 11.8 Å². The summed E-state index contributed by atoms with van der Waals surface area (Å²) in [7, 11) is 0. The summed E-state index contributed by atoms with van der Waals surface area (Å²) >= 11 is 0. The van der Waals surface area contributed by atoms with E-state index in [-0.39, 0.29) is 23.0 Å². The molecule has 1 heterocycles. The molecule has 2 amide bonds. The Morgan fingerprint density at radius 1 is 1.10 bits per heavy atom. The van der Waals surface area contributed by atoms with E-state index >= 15 is 0 Å². The molecule has 1 saturated heterocycles. The molecular weight excluding hydrogens is 266 g/mol. The molecule has 21 heavy (non-hydrogen) atoms. The second kappa shape index (κ2) is 6.20. The third kappa shape index (κ3) is 4.00. The number of carbonyl (C=O) groups is 3. The molecule has 0 N–H and O–H groups in total. The van der Waals surface area contributed by atoms with Gasteiger partial charge in [0.25, 0.3) is 0 Å². The fraction of sp³-hybridized carbons (Fsp3) is 0.471. The molecule has 2 rings (SSSR count). The summed E-state index contributed by atoms with van der Waals surface area (Å²) in [5.74, 6) is -0.195. The maximum absolute atomic E-state index is 12.0. The standard InChI is InChI=1S/C17H21NO3/c1-17(2)11-15(20)18(16(21)12-17)10-6-9-14(19)13-7-4-3-5-8-13/h3-5,7-8H,6,9-12H2,1-2H3. The third-order valence-electron chi connectivity index (χ3n) is 3.74. The number of rotatable bonds is 5. The molecule has 1 aromatic carbocycles. The highest BCUT2D eigenvalue weighted by atomic mass is 16.2. The number of hydrogen-bond acceptors (Lipinski definition) is 3. The van der Waals surface area contributed by atoms with Crippen molar-refractivity contribution in [1.29, 1.82) is 0 Å². The maximum Gasteiger partial charge on any atom is 0.229 e. The Labute approximate surface area is 125 Å². The van der Waals surface area contributed by atoms with Crippen molar-refractivity contribution in [3.8, 4) is 0 Å². The number of amides is 2. The fourth-order valence-corrected chi connectivity index (χ4v) is 2.63. The van der Waals surface area contributed by atoms with Crippen LogP contribution in [-0.2, 0) is 9.59 Å². The van der Waals surface area contributed by atoms with Gasteiger partial charge in [-0.25, -0.2) is 0 Å². The van der Waals surface area contributed by atoms with Crippen molar-refractivity contribution in [2.75, 3.05) is 6.54 Å². The smallest absolute Gasteiger partial charge is 0.229 e. The number of Topliss-reactive ketones (excluding diaryl/α,β-unsaturated/α-hetero) is 1. The van der Waals surface area contributed by atoms with Crippen LogP contribution in [0, 0.1) is 5.41 Å². The van der Waals surface area contributed by atoms with Crippen molar-refractivity contribution < 1.29 is 14.4 Å². The predicted molar refractivity (Wildman–Crippen MR) is 79.7 cm³/mol. The average Bonchev–Trinajstić information content (AvgIpc) is 2.41. The Bertz CT molecular complexity index is 528. The zero-order valence-electron chi connectivity index (χ0n) is 12.6. The van der Waals surface area contributed by atoms with Gasteiger partial charge in [-0.2, -0.15) is 0 Å². The van der Waals surface area contributed by atoms with Crippen LogP contribution in [0.25, 0.3) is 0 Å². The number of carbonyl (C=O) groups excluding carboxylic acids is 3. The minimum atomic E-state index is -0.246. The van der Waals surface area contributed by atoms with E-state index in [0.717, 1.165) is 0 Å². The van der Waals surface area contributed by atoms with Crippen LogP contribution in [0.15, 0.2) is 30.3 Å². The molecule has 0 aliphatic carbocycles. The van der Waals surface area contributed by atoms with Crippen molar-refractivity contribution in [1.82, 2.24) is 4.90 Å². The Hall–Kier alpha value is -1.97. The molecule has 0 unspecified atom stereocenters. The fourth-order valence-electron chi connectivity index (χ4n) is 2.63. The van der Waals surface area contributed by atoms with Crippen molar-refractivity contribution in [2.24, 2.45) is 5.41 Å². The summed E-state index contributed by atoms with van der Waals surface area (Å²) in [5.41, 5.74) is 0.430. The van der Waals surface area contributed by atoms with Crippen LogP contribution >= 0.6 is 0 Å². The molecule has 0 bridgehead atoms. The minimum absolute atomic E-state index is 0.0489. The van der Waals surface area contributed by atoms with Crippen molar-refractivity contribution in [2.45, 2.75) is 39.5 Å². The summed E-state index contributed by atoms with van der Waals surface area (Å²) < 4.78 is 0. The Morgan fingerprint density at radius 3 is 2.24 bits per heavy atom. The van der Waals surface area contributed by atoms with E-state index in [1.807, 2.05) is 32.0 Å². The van der Waals surface area contributed by atoms with E-state index in [0.29, 0.717) is 37.8 Å². The minimum Gasteiger partial charge on any atom is -0.294 e. The highest BCUT2D eigenvalue weighted by Gasteiger charge is 2.36. The van der Waals surface area contributed by atoms with Crippen molar-refractivity contribution in [3.05, 3.63) is 35.9 Å².